The molecule has 1 aliphatic heterocycles. The average molecular weight is 411 g/mol. The second kappa shape index (κ2) is 6.10. The maximum absolute atomic E-state index is 13.1. The first-order chi connectivity index (χ1) is 11.3. The highest BCUT2D eigenvalue weighted by molar-refractivity contribution is 9.10. The quantitative estimate of drug-likeness (QED) is 0.839. The first-order valence-electron chi connectivity index (χ1n) is 7.14. The van der Waals surface area contributed by atoms with Gasteiger partial charge in [-0.2, -0.15) is 0 Å². The zero-order valence-corrected chi connectivity index (χ0v) is 15.2. The van der Waals surface area contributed by atoms with Gasteiger partial charge in [0, 0.05) is 4.47 Å². The minimum Gasteiger partial charge on any atom is -0.476 e. The van der Waals surface area contributed by atoms with Gasteiger partial charge in [-0.1, -0.05) is 28.1 Å². The average Bonchev–Trinajstić information content (AvgIpc) is 2.56. The summed E-state index contributed by atoms with van der Waals surface area (Å²) in [5, 5.41) is 0. The maximum atomic E-state index is 13.1. The summed E-state index contributed by atoms with van der Waals surface area (Å²) in [6.45, 7) is 1.65. The molecule has 1 amide bonds. The lowest BCUT2D eigenvalue weighted by Gasteiger charge is -2.34. The smallest absolute Gasteiger partial charge is 0.264 e. The number of sulfonamides is 1. The van der Waals surface area contributed by atoms with Crippen LogP contribution < -0.4 is 14.8 Å². The van der Waals surface area contributed by atoms with Crippen molar-refractivity contribution >= 4 is 37.5 Å². The van der Waals surface area contributed by atoms with Crippen LogP contribution in [0.5, 0.6) is 5.75 Å². The van der Waals surface area contributed by atoms with Gasteiger partial charge in [0.15, 0.2) is 6.10 Å². The Hall–Kier alpha value is -2.06. The summed E-state index contributed by atoms with van der Waals surface area (Å²) in [7, 11) is -3.86. The van der Waals surface area contributed by atoms with Gasteiger partial charge in [0.1, 0.15) is 5.75 Å². The third-order valence-electron chi connectivity index (χ3n) is 3.77. The number of nitrogens with two attached hydrogens (primary N) is 1. The van der Waals surface area contributed by atoms with E-state index in [1.165, 1.54) is 10.4 Å². The molecule has 2 aromatic carbocycles. The van der Waals surface area contributed by atoms with Crippen LogP contribution in [0.3, 0.4) is 0 Å². The highest BCUT2D eigenvalue weighted by atomic mass is 79.9. The van der Waals surface area contributed by atoms with E-state index in [0.29, 0.717) is 11.4 Å². The summed E-state index contributed by atoms with van der Waals surface area (Å²) < 4.78 is 33.7. The SMILES string of the molecule is Cc1cc(S(=O)(=O)N2C[C@H](C(N)=O)Oc3ccccc32)ccc1Br. The van der Waals surface area contributed by atoms with E-state index in [4.69, 9.17) is 10.5 Å². The number of para-hydroxylation sites is 2. The molecule has 0 aromatic heterocycles. The molecule has 6 nitrogen and oxygen atoms in total. The molecule has 0 spiro atoms. The molecule has 2 N–H and O–H groups in total. The zero-order chi connectivity index (χ0) is 17.5. The van der Waals surface area contributed by atoms with Gasteiger partial charge in [-0.05, 0) is 42.8 Å². The third kappa shape index (κ3) is 2.87. The highest BCUT2D eigenvalue weighted by Gasteiger charge is 2.36. The number of hydrogen-bond donors (Lipinski definition) is 1. The van der Waals surface area contributed by atoms with E-state index in [1.54, 1.807) is 36.4 Å². The van der Waals surface area contributed by atoms with E-state index in [2.05, 4.69) is 15.9 Å². The number of carbonyl (C=O) groups excluding carboxylic acids is 1. The molecule has 3 rings (SSSR count). The number of primary amides is 1. The van der Waals surface area contributed by atoms with Crippen LogP contribution in [0, 0.1) is 6.92 Å². The third-order valence-corrected chi connectivity index (χ3v) is 6.44. The van der Waals surface area contributed by atoms with Crippen molar-refractivity contribution in [1.82, 2.24) is 0 Å². The summed E-state index contributed by atoms with van der Waals surface area (Å²) in [6, 6.07) is 11.4. The van der Waals surface area contributed by atoms with Gasteiger partial charge in [-0.3, -0.25) is 9.10 Å². The first kappa shape index (κ1) is 16.8. The van der Waals surface area contributed by atoms with Gasteiger partial charge < -0.3 is 10.5 Å². The molecule has 8 heteroatoms. The van der Waals surface area contributed by atoms with E-state index in [-0.39, 0.29) is 11.4 Å². The van der Waals surface area contributed by atoms with Crippen LogP contribution in [0.25, 0.3) is 0 Å². The van der Waals surface area contributed by atoms with Gasteiger partial charge >= 0.3 is 0 Å². The molecule has 1 atom stereocenters. The van der Waals surface area contributed by atoms with E-state index in [0.717, 1.165) is 10.0 Å². The molecule has 24 heavy (non-hydrogen) atoms. The number of halogens is 1. The van der Waals surface area contributed by atoms with E-state index >= 15 is 0 Å². The fraction of sp³-hybridized carbons (Fsp3) is 0.188. The van der Waals surface area contributed by atoms with Crippen LogP contribution in [0.1, 0.15) is 5.56 Å². The monoisotopic (exact) mass is 410 g/mol. The molecule has 0 saturated heterocycles. The Morgan fingerprint density at radius 1 is 1.29 bits per heavy atom. The molecule has 0 bridgehead atoms. The molecule has 1 aliphatic rings. The van der Waals surface area contributed by atoms with Gasteiger partial charge in [0.2, 0.25) is 0 Å². The van der Waals surface area contributed by atoms with E-state index < -0.39 is 22.0 Å². The van der Waals surface area contributed by atoms with Crippen LogP contribution in [-0.4, -0.2) is 27.0 Å². The van der Waals surface area contributed by atoms with Gasteiger partial charge in [0.05, 0.1) is 17.1 Å². The summed E-state index contributed by atoms with van der Waals surface area (Å²) in [5.41, 5.74) is 6.50. The van der Waals surface area contributed by atoms with Gasteiger partial charge in [-0.15, -0.1) is 0 Å². The molecule has 126 valence electrons. The summed E-state index contributed by atoms with van der Waals surface area (Å²) in [6.07, 6.45) is -1.04. The summed E-state index contributed by atoms with van der Waals surface area (Å²) in [4.78, 5) is 11.7. The van der Waals surface area contributed by atoms with Crippen molar-refractivity contribution in [2.45, 2.75) is 17.9 Å². The second-order valence-corrected chi connectivity index (χ2v) is 8.14. The van der Waals surface area contributed by atoms with Crippen LogP contribution in [0.2, 0.25) is 0 Å². The fourth-order valence-corrected chi connectivity index (χ4v) is 4.29. The van der Waals surface area contributed by atoms with E-state index in [1.807, 2.05) is 6.92 Å². The second-order valence-electron chi connectivity index (χ2n) is 5.42. The Morgan fingerprint density at radius 3 is 2.67 bits per heavy atom. The Labute approximate surface area is 148 Å². The Balaban J connectivity index is 2.12. The number of aryl methyl sites for hydroxylation is 1. The van der Waals surface area contributed by atoms with Crippen LogP contribution in [0.15, 0.2) is 51.8 Å². The van der Waals surface area contributed by atoms with Gasteiger partial charge in [-0.25, -0.2) is 8.42 Å². The minimum atomic E-state index is -3.86. The largest absolute Gasteiger partial charge is 0.476 e. The number of rotatable bonds is 3. The standard InChI is InChI=1S/C16H15BrN2O4S/c1-10-8-11(6-7-12(10)17)24(21,22)19-9-15(16(18)20)23-14-5-3-2-4-13(14)19/h2-8,15H,9H2,1H3,(H2,18,20)/t15-/m1/s1. The van der Waals surface area contributed by atoms with Crippen molar-refractivity contribution in [3.63, 3.8) is 0 Å². The number of nitrogens with zero attached hydrogens (tertiary/aromatic N) is 1. The number of fused-ring (bicyclic) bond motifs is 1. The van der Waals surface area contributed by atoms with Crippen molar-refractivity contribution in [2.75, 3.05) is 10.8 Å². The van der Waals surface area contributed by atoms with E-state index in [9.17, 15) is 13.2 Å². The first-order valence-corrected chi connectivity index (χ1v) is 9.38. The predicted molar refractivity (Wildman–Crippen MR) is 93.5 cm³/mol. The summed E-state index contributed by atoms with van der Waals surface area (Å²) in [5.74, 6) is -0.401. The lowest BCUT2D eigenvalue weighted by Crippen LogP contribution is -2.49. The Morgan fingerprint density at radius 2 is 2.00 bits per heavy atom. The molecule has 0 saturated carbocycles. The lowest BCUT2D eigenvalue weighted by molar-refractivity contribution is -0.124. The molecule has 1 heterocycles. The normalized spacial score (nSPS) is 17.1. The van der Waals surface area contributed by atoms with Crippen LogP contribution >= 0.6 is 15.9 Å². The Bertz CT molecular complexity index is 914. The van der Waals surface area contributed by atoms with Crippen molar-refractivity contribution in [2.24, 2.45) is 5.73 Å². The predicted octanol–water partition coefficient (Wildman–Crippen LogP) is 2.20. The molecule has 0 fully saturated rings. The number of amides is 1. The van der Waals surface area contributed by atoms with Crippen molar-refractivity contribution in [3.05, 3.63) is 52.5 Å². The molecular formula is C16H15BrN2O4S. The molecule has 0 unspecified atom stereocenters. The molecular weight excluding hydrogens is 396 g/mol. The summed E-state index contributed by atoms with van der Waals surface area (Å²) >= 11 is 3.36. The number of benzene rings is 2. The van der Waals surface area contributed by atoms with Crippen molar-refractivity contribution in [1.29, 1.82) is 0 Å². The molecule has 2 aromatic rings. The maximum Gasteiger partial charge on any atom is 0.264 e. The topological polar surface area (TPSA) is 89.7 Å². The van der Waals surface area contributed by atoms with Crippen molar-refractivity contribution < 1.29 is 17.9 Å². The Kier molecular flexibility index (Phi) is 4.27. The number of ether oxygens (including phenoxy) is 1. The minimum absolute atomic E-state index is 0.142. The highest BCUT2D eigenvalue weighted by Crippen LogP contribution is 2.37. The number of anilines is 1. The zero-order valence-electron chi connectivity index (χ0n) is 12.8. The van der Waals surface area contributed by atoms with Crippen LogP contribution in [-0.2, 0) is 14.8 Å². The molecule has 0 radical (unpaired) electrons. The fourth-order valence-electron chi connectivity index (χ4n) is 2.48. The van der Waals surface area contributed by atoms with Crippen molar-refractivity contribution in [3.8, 4) is 5.75 Å². The van der Waals surface area contributed by atoms with Crippen LogP contribution in [0.4, 0.5) is 5.69 Å². The van der Waals surface area contributed by atoms with Gasteiger partial charge in [0.25, 0.3) is 15.9 Å². The molecule has 0 aliphatic carbocycles. The number of hydrogen-bond acceptors (Lipinski definition) is 4. The lowest BCUT2D eigenvalue weighted by atomic mass is 10.2. The number of carbonyl (C=O) groups is 1.